The van der Waals surface area contributed by atoms with Gasteiger partial charge < -0.3 is 20.4 Å². The largest absolute Gasteiger partial charge is 0.481 e. The van der Waals surface area contributed by atoms with Crippen LogP contribution in [0.3, 0.4) is 0 Å². The Morgan fingerprint density at radius 1 is 1.42 bits per heavy atom. The van der Waals surface area contributed by atoms with Crippen LogP contribution in [0.4, 0.5) is 4.79 Å². The first-order valence-corrected chi connectivity index (χ1v) is 6.81. The van der Waals surface area contributed by atoms with Gasteiger partial charge in [-0.3, -0.25) is 4.79 Å². The highest BCUT2D eigenvalue weighted by molar-refractivity contribution is 5.74. The second-order valence-corrected chi connectivity index (χ2v) is 5.56. The zero-order chi connectivity index (χ0) is 14.5. The van der Waals surface area contributed by atoms with Crippen LogP contribution in [0.15, 0.2) is 0 Å². The van der Waals surface area contributed by atoms with Crippen molar-refractivity contribution in [1.82, 2.24) is 10.2 Å². The minimum atomic E-state index is -1.42. The van der Waals surface area contributed by atoms with Crippen molar-refractivity contribution in [1.29, 1.82) is 0 Å². The molecule has 0 spiro atoms. The fraction of sp³-hybridized carbons (Fsp3) is 0.846. The lowest BCUT2D eigenvalue weighted by molar-refractivity contribution is -0.141. The van der Waals surface area contributed by atoms with E-state index in [-0.39, 0.29) is 19.0 Å². The number of carboxylic acids is 1. The Labute approximate surface area is 113 Å². The van der Waals surface area contributed by atoms with Crippen LogP contribution in [0.25, 0.3) is 0 Å². The second kappa shape index (κ2) is 6.75. The number of aliphatic hydroxyl groups is 1. The highest BCUT2D eigenvalue weighted by Gasteiger charge is 2.27. The molecule has 0 radical (unpaired) electrons. The summed E-state index contributed by atoms with van der Waals surface area (Å²) in [7, 11) is 0. The molecule has 1 aliphatic rings. The van der Waals surface area contributed by atoms with Crippen molar-refractivity contribution >= 4 is 12.0 Å². The van der Waals surface area contributed by atoms with Crippen LogP contribution >= 0.6 is 0 Å². The molecule has 1 fully saturated rings. The number of nitrogens with zero attached hydrogens (tertiary/aromatic N) is 1. The quantitative estimate of drug-likeness (QED) is 0.646. The maximum Gasteiger partial charge on any atom is 0.317 e. The minimum Gasteiger partial charge on any atom is -0.481 e. The predicted molar refractivity (Wildman–Crippen MR) is 70.9 cm³/mol. The molecule has 0 saturated heterocycles. The van der Waals surface area contributed by atoms with Crippen LogP contribution in [0.1, 0.15) is 39.5 Å². The molecule has 0 aliphatic heterocycles. The Bertz CT molecular complexity index is 327. The van der Waals surface area contributed by atoms with E-state index in [1.807, 2.05) is 6.92 Å². The van der Waals surface area contributed by atoms with Crippen LogP contribution in [0.5, 0.6) is 0 Å². The number of rotatable bonds is 7. The zero-order valence-corrected chi connectivity index (χ0v) is 11.7. The van der Waals surface area contributed by atoms with E-state index in [9.17, 15) is 14.7 Å². The summed E-state index contributed by atoms with van der Waals surface area (Å²) in [4.78, 5) is 24.2. The first kappa shape index (κ1) is 15.8. The van der Waals surface area contributed by atoms with E-state index in [1.54, 1.807) is 4.90 Å². The van der Waals surface area contributed by atoms with Crippen molar-refractivity contribution in [3.63, 3.8) is 0 Å². The van der Waals surface area contributed by atoms with Gasteiger partial charge in [0.05, 0.1) is 12.0 Å². The summed E-state index contributed by atoms with van der Waals surface area (Å²) in [5.41, 5.74) is -1.42. The average Bonchev–Trinajstić information content (AvgIpc) is 2.23. The summed E-state index contributed by atoms with van der Waals surface area (Å²) in [6.07, 6.45) is 3.18. The van der Waals surface area contributed by atoms with Crippen molar-refractivity contribution in [3.8, 4) is 0 Å². The third-order valence-electron chi connectivity index (χ3n) is 3.52. The lowest BCUT2D eigenvalue weighted by Crippen LogP contribution is -2.48. The van der Waals surface area contributed by atoms with Crippen molar-refractivity contribution in [2.24, 2.45) is 5.92 Å². The van der Waals surface area contributed by atoms with Gasteiger partial charge in [0.25, 0.3) is 0 Å². The average molecular weight is 272 g/mol. The predicted octanol–water partition coefficient (Wildman–Crippen LogP) is 1.04. The van der Waals surface area contributed by atoms with Gasteiger partial charge in [0.15, 0.2) is 0 Å². The lowest BCUT2D eigenvalue weighted by Gasteiger charge is -2.32. The first-order chi connectivity index (χ1) is 8.84. The number of urea groups is 1. The van der Waals surface area contributed by atoms with Crippen molar-refractivity contribution in [2.75, 3.05) is 19.6 Å². The van der Waals surface area contributed by atoms with E-state index in [0.29, 0.717) is 12.5 Å². The normalized spacial score (nSPS) is 18.3. The molecule has 6 heteroatoms. The van der Waals surface area contributed by atoms with Gasteiger partial charge in [-0.25, -0.2) is 4.79 Å². The lowest BCUT2D eigenvalue weighted by atomic mass is 9.85. The van der Waals surface area contributed by atoms with Crippen molar-refractivity contribution in [3.05, 3.63) is 0 Å². The number of hydrogen-bond donors (Lipinski definition) is 3. The van der Waals surface area contributed by atoms with Gasteiger partial charge in [-0.2, -0.15) is 0 Å². The molecule has 1 rings (SSSR count). The molecule has 2 amide bonds. The van der Waals surface area contributed by atoms with Crippen LogP contribution in [0, 0.1) is 5.92 Å². The highest BCUT2D eigenvalue weighted by Crippen LogP contribution is 2.27. The Morgan fingerprint density at radius 2 is 2.05 bits per heavy atom. The summed E-state index contributed by atoms with van der Waals surface area (Å²) in [5.74, 6) is -0.494. The summed E-state index contributed by atoms with van der Waals surface area (Å²) < 4.78 is 0. The highest BCUT2D eigenvalue weighted by atomic mass is 16.4. The van der Waals surface area contributed by atoms with Crippen LogP contribution in [0.2, 0.25) is 0 Å². The molecule has 0 aromatic rings. The SMILES string of the molecule is CCN(CC1CCC1)C(=O)NCC(C)(O)CC(=O)O. The summed E-state index contributed by atoms with van der Waals surface area (Å²) in [6.45, 7) is 4.61. The molecule has 3 N–H and O–H groups in total. The van der Waals surface area contributed by atoms with E-state index in [0.717, 1.165) is 6.54 Å². The van der Waals surface area contributed by atoms with Crippen molar-refractivity contribution in [2.45, 2.75) is 45.1 Å². The third-order valence-corrected chi connectivity index (χ3v) is 3.52. The van der Waals surface area contributed by atoms with Gasteiger partial charge >= 0.3 is 12.0 Å². The van der Waals surface area contributed by atoms with Crippen LogP contribution in [-0.2, 0) is 4.79 Å². The molecule has 1 saturated carbocycles. The summed E-state index contributed by atoms with van der Waals surface area (Å²) >= 11 is 0. The molecule has 19 heavy (non-hydrogen) atoms. The molecule has 1 unspecified atom stereocenters. The van der Waals surface area contributed by atoms with E-state index >= 15 is 0 Å². The Hall–Kier alpha value is -1.30. The van der Waals surface area contributed by atoms with Gasteiger partial charge in [0.2, 0.25) is 0 Å². The molecule has 0 bridgehead atoms. The topological polar surface area (TPSA) is 89.9 Å². The zero-order valence-electron chi connectivity index (χ0n) is 11.7. The van der Waals surface area contributed by atoms with E-state index in [1.165, 1.54) is 26.2 Å². The number of aliphatic carboxylic acids is 1. The van der Waals surface area contributed by atoms with E-state index in [2.05, 4.69) is 5.32 Å². The maximum atomic E-state index is 11.9. The second-order valence-electron chi connectivity index (χ2n) is 5.56. The summed E-state index contributed by atoms with van der Waals surface area (Å²) in [6, 6.07) is -0.236. The number of carbonyl (C=O) groups is 2. The third kappa shape index (κ3) is 5.46. The van der Waals surface area contributed by atoms with Gasteiger partial charge in [-0.1, -0.05) is 6.42 Å². The van der Waals surface area contributed by atoms with E-state index < -0.39 is 11.6 Å². The molecule has 0 aromatic heterocycles. The molecular formula is C13H24N2O4. The number of amides is 2. The first-order valence-electron chi connectivity index (χ1n) is 6.81. The number of carboxylic acid groups (broad SMARTS) is 1. The van der Waals surface area contributed by atoms with Gasteiger partial charge in [0, 0.05) is 19.6 Å². The van der Waals surface area contributed by atoms with Crippen molar-refractivity contribution < 1.29 is 19.8 Å². The van der Waals surface area contributed by atoms with Gasteiger partial charge in [0.1, 0.15) is 0 Å². The van der Waals surface area contributed by atoms with Crippen LogP contribution < -0.4 is 5.32 Å². The van der Waals surface area contributed by atoms with Gasteiger partial charge in [-0.15, -0.1) is 0 Å². The minimum absolute atomic E-state index is 0.0563. The standard InChI is InChI=1S/C13H24N2O4/c1-3-15(8-10-5-4-6-10)12(18)14-9-13(2,19)7-11(16)17/h10,19H,3-9H2,1-2H3,(H,14,18)(H,16,17). The summed E-state index contributed by atoms with van der Waals surface area (Å²) in [5, 5.41) is 21.1. The van der Waals surface area contributed by atoms with Crippen LogP contribution in [-0.4, -0.2) is 52.3 Å². The fourth-order valence-electron chi connectivity index (χ4n) is 2.11. The maximum absolute atomic E-state index is 11.9. The Kier molecular flexibility index (Phi) is 5.60. The number of nitrogens with one attached hydrogen (secondary N) is 1. The Balaban J connectivity index is 2.36. The molecule has 1 atom stereocenters. The monoisotopic (exact) mass is 272 g/mol. The number of hydrogen-bond acceptors (Lipinski definition) is 3. The molecule has 6 nitrogen and oxygen atoms in total. The molecular weight excluding hydrogens is 248 g/mol. The molecule has 0 aromatic carbocycles. The van der Waals surface area contributed by atoms with Gasteiger partial charge in [-0.05, 0) is 32.6 Å². The molecule has 0 heterocycles. The van der Waals surface area contributed by atoms with E-state index in [4.69, 9.17) is 5.11 Å². The molecule has 110 valence electrons. The fourth-order valence-corrected chi connectivity index (χ4v) is 2.11. The molecule has 1 aliphatic carbocycles. The number of carbonyl (C=O) groups excluding carboxylic acids is 1. The smallest absolute Gasteiger partial charge is 0.317 e. The Morgan fingerprint density at radius 3 is 2.47 bits per heavy atom.